The van der Waals surface area contributed by atoms with Crippen molar-refractivity contribution >= 4 is 39.0 Å². The summed E-state index contributed by atoms with van der Waals surface area (Å²) in [5, 5.41) is 18.3. The Hall–Kier alpha value is -1.26. The van der Waals surface area contributed by atoms with E-state index in [1.165, 1.54) is 23.3 Å². The smallest absolute Gasteiger partial charge is 0.247 e. The highest BCUT2D eigenvalue weighted by Gasteiger charge is 2.31. The molecule has 1 aromatic heterocycles. The Kier molecular flexibility index (Phi) is 5.31. The Morgan fingerprint density at radius 3 is 2.64 bits per heavy atom. The normalized spacial score (nSPS) is 17.8. The van der Waals surface area contributed by atoms with Crippen LogP contribution < -0.4 is 14.8 Å². The van der Waals surface area contributed by atoms with Gasteiger partial charge in [0.25, 0.3) is 0 Å². The first-order valence-electron chi connectivity index (χ1n) is 7.88. The van der Waals surface area contributed by atoms with Crippen LogP contribution in [0.1, 0.15) is 24.8 Å². The third-order valence-corrected chi connectivity index (χ3v) is 7.68. The lowest BCUT2D eigenvalue weighted by Gasteiger charge is -2.33. The van der Waals surface area contributed by atoms with E-state index in [-0.39, 0.29) is 16.0 Å². The van der Waals surface area contributed by atoms with Crippen molar-refractivity contribution in [3.8, 4) is 5.75 Å². The summed E-state index contributed by atoms with van der Waals surface area (Å²) in [4.78, 5) is 1.90. The summed E-state index contributed by atoms with van der Waals surface area (Å²) in [6.07, 6.45) is 0. The summed E-state index contributed by atoms with van der Waals surface area (Å²) in [7, 11) is -3.71. The van der Waals surface area contributed by atoms with E-state index in [9.17, 15) is 13.5 Å². The van der Waals surface area contributed by atoms with Gasteiger partial charge < -0.3 is 14.7 Å². The molecule has 0 saturated heterocycles. The van der Waals surface area contributed by atoms with Gasteiger partial charge in [-0.3, -0.25) is 0 Å². The number of benzene rings is 1. The first-order valence-corrected chi connectivity index (χ1v) is 11.0. The summed E-state index contributed by atoms with van der Waals surface area (Å²) in [6.45, 7) is 5.79. The van der Waals surface area contributed by atoms with E-state index >= 15 is 0 Å². The highest BCUT2D eigenvalue weighted by atomic mass is 32.2. The van der Waals surface area contributed by atoms with Gasteiger partial charge in [-0.2, -0.15) is 0 Å². The number of primary sulfonamides is 1. The molecule has 0 spiro atoms. The number of nitrogens with two attached hydrogens (primary N) is 1. The van der Waals surface area contributed by atoms with Crippen molar-refractivity contribution in [1.82, 2.24) is 5.32 Å². The zero-order chi connectivity index (χ0) is 18.2. The quantitative estimate of drug-likeness (QED) is 0.669. The maximum atomic E-state index is 11.7. The number of nitrogens with zero attached hydrogens (tertiary/aromatic N) is 1. The van der Waals surface area contributed by atoms with Gasteiger partial charge in [-0.25, -0.2) is 13.6 Å². The number of thiophene rings is 1. The average molecular weight is 400 g/mol. The van der Waals surface area contributed by atoms with Crippen molar-refractivity contribution in [2.24, 2.45) is 11.1 Å². The summed E-state index contributed by atoms with van der Waals surface area (Å²) in [5.74, 6) is 0.700. The highest BCUT2D eigenvalue weighted by Crippen LogP contribution is 2.45. The lowest BCUT2D eigenvalue weighted by atomic mass is 10.1. The number of nitrogens with one attached hydrogen (secondary N) is 1. The van der Waals surface area contributed by atoms with Gasteiger partial charge in [0.15, 0.2) is 0 Å². The molecule has 9 heteroatoms. The van der Waals surface area contributed by atoms with Crippen molar-refractivity contribution in [2.75, 3.05) is 17.4 Å². The number of rotatable bonds is 5. The molecule has 25 heavy (non-hydrogen) atoms. The zero-order valence-electron chi connectivity index (χ0n) is 14.0. The van der Waals surface area contributed by atoms with Gasteiger partial charge in [-0.05, 0) is 54.7 Å². The molecule has 0 aliphatic carbocycles. The Balaban J connectivity index is 1.94. The van der Waals surface area contributed by atoms with Crippen molar-refractivity contribution in [3.05, 3.63) is 35.2 Å². The molecule has 2 aromatic rings. The van der Waals surface area contributed by atoms with Crippen LogP contribution in [-0.2, 0) is 10.0 Å². The molecular weight excluding hydrogens is 378 g/mol. The molecule has 0 saturated carbocycles. The third-order valence-electron chi connectivity index (χ3n) is 3.77. The molecule has 2 heterocycles. The van der Waals surface area contributed by atoms with Crippen LogP contribution in [0, 0.1) is 5.92 Å². The van der Waals surface area contributed by atoms with E-state index in [0.29, 0.717) is 12.5 Å². The van der Waals surface area contributed by atoms with E-state index in [2.05, 4.69) is 23.5 Å². The summed E-state index contributed by atoms with van der Waals surface area (Å²) in [6, 6.07) is 8.65. The van der Waals surface area contributed by atoms with Crippen LogP contribution in [0.5, 0.6) is 5.75 Å². The zero-order valence-corrected chi connectivity index (χ0v) is 16.4. The van der Waals surface area contributed by atoms with Crippen LogP contribution in [0.4, 0.5) is 5.69 Å². The number of anilines is 1. The molecule has 1 aromatic carbocycles. The number of aromatic hydroxyl groups is 1. The van der Waals surface area contributed by atoms with Crippen LogP contribution >= 0.6 is 23.3 Å². The van der Waals surface area contributed by atoms with Crippen molar-refractivity contribution < 1.29 is 13.5 Å². The SMILES string of the molecule is CC(C)CN[C@@H]1CN(c2ccc(O)cc2)Sc2cc(S(N)(=O)=O)sc21. The monoisotopic (exact) mass is 399 g/mol. The lowest BCUT2D eigenvalue weighted by Crippen LogP contribution is -2.36. The van der Waals surface area contributed by atoms with Crippen LogP contribution in [0.15, 0.2) is 39.4 Å². The molecule has 1 aliphatic rings. The molecular formula is C16H21N3O3S3. The van der Waals surface area contributed by atoms with E-state index in [4.69, 9.17) is 5.14 Å². The Labute approximate surface area is 156 Å². The molecule has 0 unspecified atom stereocenters. The van der Waals surface area contributed by atoms with E-state index in [0.717, 1.165) is 22.0 Å². The van der Waals surface area contributed by atoms with Gasteiger partial charge in [0.2, 0.25) is 10.0 Å². The van der Waals surface area contributed by atoms with Crippen LogP contribution in [0.25, 0.3) is 0 Å². The second kappa shape index (κ2) is 7.16. The van der Waals surface area contributed by atoms with Gasteiger partial charge >= 0.3 is 0 Å². The summed E-state index contributed by atoms with van der Waals surface area (Å²) < 4.78 is 25.7. The number of fused-ring (bicyclic) bond motifs is 1. The standard InChI is InChI=1S/C16H21N3O3S3/c1-10(2)8-18-13-9-19(11-3-5-12(20)6-4-11)24-14-7-15(23-16(13)14)25(17,21)22/h3-7,10,13,18,20H,8-9H2,1-2H3,(H2,17,21,22)/t13-/m1/s1. The number of phenols is 1. The lowest BCUT2D eigenvalue weighted by molar-refractivity contribution is 0.474. The van der Waals surface area contributed by atoms with Crippen molar-refractivity contribution in [2.45, 2.75) is 29.0 Å². The van der Waals surface area contributed by atoms with E-state index in [1.54, 1.807) is 18.2 Å². The van der Waals surface area contributed by atoms with Gasteiger partial charge in [-0.15, -0.1) is 11.3 Å². The third kappa shape index (κ3) is 4.29. The predicted molar refractivity (Wildman–Crippen MR) is 103 cm³/mol. The molecule has 4 N–H and O–H groups in total. The minimum atomic E-state index is -3.71. The molecule has 1 atom stereocenters. The second-order valence-electron chi connectivity index (χ2n) is 6.36. The topological polar surface area (TPSA) is 95.7 Å². The van der Waals surface area contributed by atoms with Crippen LogP contribution in [0.2, 0.25) is 0 Å². The maximum absolute atomic E-state index is 11.7. The number of sulfonamides is 1. The minimum Gasteiger partial charge on any atom is -0.508 e. The highest BCUT2D eigenvalue weighted by molar-refractivity contribution is 8.01. The fourth-order valence-electron chi connectivity index (χ4n) is 2.54. The minimum absolute atomic E-state index is 0.0213. The molecule has 3 rings (SSSR count). The Bertz CT molecular complexity index is 847. The van der Waals surface area contributed by atoms with Crippen LogP contribution in [0.3, 0.4) is 0 Å². The molecule has 136 valence electrons. The van der Waals surface area contributed by atoms with E-state index in [1.807, 2.05) is 12.1 Å². The molecule has 0 amide bonds. The first-order chi connectivity index (χ1) is 11.7. The predicted octanol–water partition coefficient (Wildman–Crippen LogP) is 2.92. The molecule has 6 nitrogen and oxygen atoms in total. The van der Waals surface area contributed by atoms with E-state index < -0.39 is 10.0 Å². The summed E-state index contributed by atoms with van der Waals surface area (Å²) >= 11 is 2.73. The number of phenolic OH excluding ortho intramolecular Hbond substituents is 1. The van der Waals surface area contributed by atoms with Crippen LogP contribution in [-0.4, -0.2) is 26.6 Å². The molecule has 0 fully saturated rings. The molecule has 0 bridgehead atoms. The van der Waals surface area contributed by atoms with Crippen molar-refractivity contribution in [3.63, 3.8) is 0 Å². The molecule has 0 radical (unpaired) electrons. The fourth-order valence-corrected chi connectivity index (χ4v) is 5.88. The average Bonchev–Trinajstić information content (AvgIpc) is 2.97. The van der Waals surface area contributed by atoms with Gasteiger partial charge in [0, 0.05) is 15.5 Å². The fraction of sp³-hybridized carbons (Fsp3) is 0.375. The second-order valence-corrected chi connectivity index (χ2v) is 10.3. The largest absolute Gasteiger partial charge is 0.508 e. The summed E-state index contributed by atoms with van der Waals surface area (Å²) in [5.41, 5.74) is 0.952. The number of hydrogen-bond donors (Lipinski definition) is 3. The molecule has 1 aliphatic heterocycles. The van der Waals surface area contributed by atoms with Gasteiger partial charge in [-0.1, -0.05) is 13.8 Å². The van der Waals surface area contributed by atoms with Gasteiger partial charge in [0.05, 0.1) is 12.6 Å². The maximum Gasteiger partial charge on any atom is 0.247 e. The Morgan fingerprint density at radius 1 is 1.36 bits per heavy atom. The van der Waals surface area contributed by atoms with Gasteiger partial charge in [0.1, 0.15) is 9.96 Å². The first kappa shape index (κ1) is 18.5. The van der Waals surface area contributed by atoms with Crippen molar-refractivity contribution in [1.29, 1.82) is 0 Å². The number of hydrogen-bond acceptors (Lipinski definition) is 7. The Morgan fingerprint density at radius 2 is 2.04 bits per heavy atom.